The molecule has 8 heteroatoms. The van der Waals surface area contributed by atoms with Gasteiger partial charge in [0.25, 0.3) is 0 Å². The Bertz CT molecular complexity index is 564. The summed E-state index contributed by atoms with van der Waals surface area (Å²) in [6.45, 7) is 5.29. The van der Waals surface area contributed by atoms with E-state index in [1.165, 1.54) is 4.90 Å². The number of cyclic esters (lactones) is 1. The van der Waals surface area contributed by atoms with Crippen LogP contribution >= 0.6 is 0 Å². The second-order valence-corrected chi connectivity index (χ2v) is 7.05. The summed E-state index contributed by atoms with van der Waals surface area (Å²) < 4.78 is 10.3. The number of hydrogen-bond acceptors (Lipinski definition) is 5. The average Bonchev–Trinajstić information content (AvgIpc) is 2.50. The number of carbonyl (C=O) groups excluding carboxylic acids is 3. The number of guanidine groups is 1. The second-order valence-electron chi connectivity index (χ2n) is 7.05. The zero-order valence-corrected chi connectivity index (χ0v) is 16.0. The van der Waals surface area contributed by atoms with Gasteiger partial charge in [-0.05, 0) is 46.5 Å². The molecule has 1 aliphatic heterocycles. The molecule has 1 heterocycles. The maximum atomic E-state index is 12.1. The van der Waals surface area contributed by atoms with Gasteiger partial charge in [0.2, 0.25) is 11.9 Å². The highest BCUT2D eigenvalue weighted by molar-refractivity contribution is 6.01. The van der Waals surface area contributed by atoms with E-state index in [-0.39, 0.29) is 25.0 Å². The Morgan fingerprint density at radius 3 is 2.62 bits per heavy atom. The number of hydrogen-bond donors (Lipinski definition) is 1. The van der Waals surface area contributed by atoms with E-state index in [0.29, 0.717) is 12.8 Å². The van der Waals surface area contributed by atoms with Gasteiger partial charge in [-0.2, -0.15) is 0 Å². The third-order valence-corrected chi connectivity index (χ3v) is 3.31. The van der Waals surface area contributed by atoms with Gasteiger partial charge in [-0.3, -0.25) is 14.9 Å². The van der Waals surface area contributed by atoms with E-state index < -0.39 is 17.7 Å². The maximum absolute atomic E-state index is 12.1. The molecule has 1 aliphatic rings. The zero-order chi connectivity index (χ0) is 19.6. The second kappa shape index (κ2) is 10.6. The number of amides is 2. The molecule has 0 bridgehead atoms. The van der Waals surface area contributed by atoms with Gasteiger partial charge in [0.15, 0.2) is 0 Å². The standard InChI is InChI=1S/C18H29N3O5/c1-18(2,3)26-17(24)20-16-19-14(22)11-9-7-5-6-8-10-12-25-15(23)13-21(16)4/h6,8H,5,7,9-13H2,1-4H3,(H,19,20,22,24)/b8-6+. The number of nitrogens with zero attached hydrogens (tertiary/aromatic N) is 2. The first-order valence-electron chi connectivity index (χ1n) is 8.80. The van der Waals surface area contributed by atoms with Crippen LogP contribution in [0.5, 0.6) is 0 Å². The molecule has 0 spiro atoms. The monoisotopic (exact) mass is 367 g/mol. The first kappa shape index (κ1) is 21.7. The molecule has 0 unspecified atom stereocenters. The van der Waals surface area contributed by atoms with Gasteiger partial charge >= 0.3 is 12.1 Å². The van der Waals surface area contributed by atoms with E-state index in [1.807, 2.05) is 12.2 Å². The van der Waals surface area contributed by atoms with Gasteiger partial charge < -0.3 is 14.4 Å². The molecular formula is C18H29N3O5. The van der Waals surface area contributed by atoms with E-state index >= 15 is 0 Å². The van der Waals surface area contributed by atoms with Gasteiger partial charge in [-0.25, -0.2) is 4.79 Å². The predicted molar refractivity (Wildman–Crippen MR) is 97.6 cm³/mol. The highest BCUT2D eigenvalue weighted by Crippen LogP contribution is 2.08. The summed E-state index contributed by atoms with van der Waals surface area (Å²) in [5, 5.41) is 2.58. The minimum atomic E-state index is -0.838. The van der Waals surface area contributed by atoms with E-state index in [0.717, 1.165) is 19.3 Å². The highest BCUT2D eigenvalue weighted by atomic mass is 16.6. The van der Waals surface area contributed by atoms with Gasteiger partial charge in [-0.1, -0.05) is 12.2 Å². The van der Waals surface area contributed by atoms with Gasteiger partial charge in [0.05, 0.1) is 6.61 Å². The van der Waals surface area contributed by atoms with Crippen molar-refractivity contribution in [2.45, 2.75) is 58.5 Å². The molecule has 26 heavy (non-hydrogen) atoms. The lowest BCUT2D eigenvalue weighted by Gasteiger charge is -2.22. The average molecular weight is 367 g/mol. The molecule has 8 nitrogen and oxygen atoms in total. The molecule has 0 radical (unpaired) electrons. The number of rotatable bonds is 0. The lowest BCUT2D eigenvalue weighted by Crippen LogP contribution is -2.45. The van der Waals surface area contributed by atoms with E-state index in [1.54, 1.807) is 27.8 Å². The number of nitrogens with one attached hydrogen (secondary N) is 1. The lowest BCUT2D eigenvalue weighted by molar-refractivity contribution is -0.143. The van der Waals surface area contributed by atoms with Crippen LogP contribution in [0.2, 0.25) is 0 Å². The van der Waals surface area contributed by atoms with E-state index in [4.69, 9.17) is 9.47 Å². The molecule has 1 rings (SSSR count). The fourth-order valence-corrected chi connectivity index (χ4v) is 2.11. The Morgan fingerprint density at radius 2 is 1.92 bits per heavy atom. The summed E-state index contributed by atoms with van der Waals surface area (Å²) in [6, 6.07) is 0. The molecule has 0 aromatic rings. The number of allylic oxidation sites excluding steroid dienone is 1. The molecule has 0 aromatic heterocycles. The Labute approximate surface area is 154 Å². The van der Waals surface area contributed by atoms with Crippen molar-refractivity contribution in [3.8, 4) is 0 Å². The van der Waals surface area contributed by atoms with Crippen LogP contribution < -0.4 is 5.32 Å². The Morgan fingerprint density at radius 1 is 1.23 bits per heavy atom. The summed E-state index contributed by atoms with van der Waals surface area (Å²) in [5.41, 5.74) is -0.713. The van der Waals surface area contributed by atoms with Crippen molar-refractivity contribution < 1.29 is 23.9 Å². The van der Waals surface area contributed by atoms with Gasteiger partial charge in [0.1, 0.15) is 12.1 Å². The number of aliphatic imine (C=N–C) groups is 1. The Hall–Kier alpha value is -2.38. The maximum Gasteiger partial charge on any atom is 0.437 e. The Balaban J connectivity index is 2.89. The summed E-state index contributed by atoms with van der Waals surface area (Å²) in [6.07, 6.45) is 6.55. The first-order valence-corrected chi connectivity index (χ1v) is 8.80. The third-order valence-electron chi connectivity index (χ3n) is 3.31. The van der Waals surface area contributed by atoms with Crippen molar-refractivity contribution >= 4 is 23.9 Å². The molecule has 0 fully saturated rings. The summed E-state index contributed by atoms with van der Waals surface area (Å²) in [7, 11) is 1.54. The minimum absolute atomic E-state index is 0.0332. The van der Waals surface area contributed by atoms with Crippen LogP contribution in [0.25, 0.3) is 0 Å². The SMILES string of the molecule is CN1CC(=O)OCC/C=C/CCCCC(=O)N/C1=N/C(=O)OC(C)(C)C. The zero-order valence-electron chi connectivity index (χ0n) is 16.0. The Kier molecular flexibility index (Phi) is 8.81. The van der Waals surface area contributed by atoms with Crippen molar-refractivity contribution in [2.75, 3.05) is 20.2 Å². The molecule has 0 aromatic carbocycles. The summed E-state index contributed by atoms with van der Waals surface area (Å²) in [4.78, 5) is 41.2. The molecule has 2 amide bonds. The van der Waals surface area contributed by atoms with Crippen LogP contribution in [0.4, 0.5) is 4.79 Å². The van der Waals surface area contributed by atoms with Crippen LogP contribution in [-0.2, 0) is 19.1 Å². The van der Waals surface area contributed by atoms with Crippen molar-refractivity contribution in [1.82, 2.24) is 10.2 Å². The third kappa shape index (κ3) is 9.80. The minimum Gasteiger partial charge on any atom is -0.464 e. The number of carbonyl (C=O) groups is 3. The molecule has 146 valence electrons. The highest BCUT2D eigenvalue weighted by Gasteiger charge is 2.20. The molecule has 0 aliphatic carbocycles. The number of likely N-dealkylation sites (N-methyl/N-ethyl adjacent to an activating group) is 1. The van der Waals surface area contributed by atoms with Crippen molar-refractivity contribution in [3.63, 3.8) is 0 Å². The largest absolute Gasteiger partial charge is 0.464 e. The number of ether oxygens (including phenoxy) is 2. The lowest BCUT2D eigenvalue weighted by atomic mass is 10.1. The topological polar surface area (TPSA) is 97.3 Å². The summed E-state index contributed by atoms with van der Waals surface area (Å²) in [5.74, 6) is -0.775. The number of esters is 1. The fraction of sp³-hybridized carbons (Fsp3) is 0.667. The molecule has 0 saturated heterocycles. The van der Waals surface area contributed by atoms with Crippen molar-refractivity contribution in [1.29, 1.82) is 0 Å². The molecule has 0 saturated carbocycles. The van der Waals surface area contributed by atoms with Crippen molar-refractivity contribution in [3.05, 3.63) is 12.2 Å². The van der Waals surface area contributed by atoms with Crippen molar-refractivity contribution in [2.24, 2.45) is 4.99 Å². The molecular weight excluding hydrogens is 338 g/mol. The normalized spacial score (nSPS) is 21.2. The predicted octanol–water partition coefficient (Wildman–Crippen LogP) is 2.39. The smallest absolute Gasteiger partial charge is 0.437 e. The first-order chi connectivity index (χ1) is 12.2. The van der Waals surface area contributed by atoms with Crippen LogP contribution in [0.1, 0.15) is 52.9 Å². The summed E-state index contributed by atoms with van der Waals surface area (Å²) >= 11 is 0. The van der Waals surface area contributed by atoms with Crippen LogP contribution in [-0.4, -0.2) is 54.6 Å². The van der Waals surface area contributed by atoms with Crippen LogP contribution in [0.3, 0.4) is 0 Å². The van der Waals surface area contributed by atoms with Gasteiger partial charge in [0, 0.05) is 13.5 Å². The van der Waals surface area contributed by atoms with Crippen LogP contribution in [0, 0.1) is 0 Å². The van der Waals surface area contributed by atoms with E-state index in [9.17, 15) is 14.4 Å². The van der Waals surface area contributed by atoms with Crippen LogP contribution in [0.15, 0.2) is 17.1 Å². The van der Waals surface area contributed by atoms with Gasteiger partial charge in [-0.15, -0.1) is 4.99 Å². The fourth-order valence-electron chi connectivity index (χ4n) is 2.11. The molecule has 0 atom stereocenters. The molecule has 1 N–H and O–H groups in total. The quantitative estimate of drug-likeness (QED) is 0.521. The van der Waals surface area contributed by atoms with E-state index in [2.05, 4.69) is 10.3 Å².